The van der Waals surface area contributed by atoms with Gasteiger partial charge in [0.1, 0.15) is 11.4 Å². The van der Waals surface area contributed by atoms with Gasteiger partial charge in [-0.05, 0) is 32.0 Å². The van der Waals surface area contributed by atoms with Gasteiger partial charge in [0.05, 0.1) is 4.90 Å². The summed E-state index contributed by atoms with van der Waals surface area (Å²) < 4.78 is 29.4. The number of rotatable bonds is 0. The van der Waals surface area contributed by atoms with Crippen LogP contribution in [-0.2, 0) is 20.9 Å². The first-order valence-corrected chi connectivity index (χ1v) is 4.99. The van der Waals surface area contributed by atoms with Gasteiger partial charge in [0.25, 0.3) is 0 Å². The molecule has 2 rings (SSSR count). The highest BCUT2D eigenvalue weighted by Gasteiger charge is 2.36. The van der Waals surface area contributed by atoms with Crippen LogP contribution in [0.2, 0.25) is 0 Å². The Labute approximate surface area is 78.4 Å². The van der Waals surface area contributed by atoms with E-state index < -0.39 is 16.7 Å². The van der Waals surface area contributed by atoms with Crippen molar-refractivity contribution in [1.82, 2.24) is 0 Å². The minimum Gasteiger partial charge on any atom is -0.276 e. The van der Waals surface area contributed by atoms with Crippen molar-refractivity contribution in [2.45, 2.75) is 24.3 Å². The molecule has 0 spiro atoms. The van der Waals surface area contributed by atoms with E-state index in [1.807, 2.05) is 0 Å². The van der Waals surface area contributed by atoms with Gasteiger partial charge in [0.2, 0.25) is 0 Å². The average molecular weight is 200 g/mol. The second-order valence-electron chi connectivity index (χ2n) is 3.47. The highest BCUT2D eigenvalue weighted by Crippen LogP contribution is 2.38. The number of hydrogen-bond donors (Lipinski definition) is 0. The van der Waals surface area contributed by atoms with Crippen LogP contribution in [-0.4, -0.2) is 4.21 Å². The van der Waals surface area contributed by atoms with Crippen molar-refractivity contribution in [1.29, 1.82) is 0 Å². The fourth-order valence-electron chi connectivity index (χ4n) is 1.40. The van der Waals surface area contributed by atoms with Crippen LogP contribution in [0.5, 0.6) is 0 Å². The van der Waals surface area contributed by atoms with Gasteiger partial charge >= 0.3 is 0 Å². The van der Waals surface area contributed by atoms with Crippen LogP contribution in [0.3, 0.4) is 0 Å². The van der Waals surface area contributed by atoms with E-state index in [1.54, 1.807) is 13.8 Å². The lowest BCUT2D eigenvalue weighted by Gasteiger charge is -2.15. The van der Waals surface area contributed by atoms with Gasteiger partial charge < -0.3 is 0 Å². The van der Waals surface area contributed by atoms with E-state index in [0.29, 0.717) is 10.5 Å². The van der Waals surface area contributed by atoms with Crippen molar-refractivity contribution in [3.63, 3.8) is 0 Å². The smallest absolute Gasteiger partial charge is 0.190 e. The molecule has 0 saturated carbocycles. The number of halogens is 1. The summed E-state index contributed by atoms with van der Waals surface area (Å²) in [6, 6.07) is 4.18. The summed E-state index contributed by atoms with van der Waals surface area (Å²) >= 11 is -1.44. The Morgan fingerprint density at radius 1 is 1.46 bits per heavy atom. The van der Waals surface area contributed by atoms with Gasteiger partial charge in [-0.15, -0.1) is 0 Å². The van der Waals surface area contributed by atoms with Gasteiger partial charge in [0.15, 0.2) is 11.1 Å². The molecule has 0 aromatic heterocycles. The first-order valence-electron chi connectivity index (χ1n) is 3.92. The summed E-state index contributed by atoms with van der Waals surface area (Å²) in [4.78, 5) is 0.575. The molecule has 1 aromatic rings. The topological polar surface area (TPSA) is 26.3 Å². The molecule has 0 bridgehead atoms. The Morgan fingerprint density at radius 2 is 2.15 bits per heavy atom. The molecule has 0 N–H and O–H groups in total. The molecule has 1 aliphatic rings. The summed E-state index contributed by atoms with van der Waals surface area (Å²) in [6.45, 7) is 3.55. The molecule has 1 aromatic carbocycles. The summed E-state index contributed by atoms with van der Waals surface area (Å²) in [7, 11) is 0. The number of hydrogen-bond acceptors (Lipinski definition) is 2. The molecule has 2 nitrogen and oxygen atoms in total. The Kier molecular flexibility index (Phi) is 1.78. The summed E-state index contributed by atoms with van der Waals surface area (Å²) in [5.41, 5.74) is 0.0216. The third kappa shape index (κ3) is 1.30. The Balaban J connectivity index is 2.66. The van der Waals surface area contributed by atoms with Crippen LogP contribution in [0.15, 0.2) is 23.1 Å². The summed E-state index contributed by atoms with van der Waals surface area (Å²) in [6.07, 6.45) is 0. The molecule has 0 aliphatic carbocycles. The monoisotopic (exact) mass is 200 g/mol. The zero-order chi connectivity index (χ0) is 9.64. The number of fused-ring (bicyclic) bond motifs is 1. The summed E-state index contributed by atoms with van der Waals surface area (Å²) in [5.74, 6) is -0.325. The molecular weight excluding hydrogens is 191 g/mol. The fourth-order valence-corrected chi connectivity index (χ4v) is 2.62. The third-order valence-corrected chi connectivity index (χ3v) is 3.34. The second kappa shape index (κ2) is 2.62. The third-order valence-electron chi connectivity index (χ3n) is 2.05. The van der Waals surface area contributed by atoms with Crippen molar-refractivity contribution in [2.75, 3.05) is 0 Å². The van der Waals surface area contributed by atoms with Crippen molar-refractivity contribution >= 4 is 11.1 Å². The molecule has 1 heterocycles. The zero-order valence-electron chi connectivity index (χ0n) is 7.33. The van der Waals surface area contributed by atoms with E-state index in [2.05, 4.69) is 0 Å². The molecule has 13 heavy (non-hydrogen) atoms. The van der Waals surface area contributed by atoms with E-state index in [9.17, 15) is 8.60 Å². The first-order chi connectivity index (χ1) is 6.00. The van der Waals surface area contributed by atoms with E-state index in [-0.39, 0.29) is 5.82 Å². The van der Waals surface area contributed by atoms with Crippen LogP contribution < -0.4 is 0 Å². The molecule has 0 saturated heterocycles. The lowest BCUT2D eigenvalue weighted by molar-refractivity contribution is 0.142. The maximum Gasteiger partial charge on any atom is 0.190 e. The van der Waals surface area contributed by atoms with Crippen LogP contribution >= 0.6 is 0 Å². The van der Waals surface area contributed by atoms with Crippen molar-refractivity contribution in [3.8, 4) is 0 Å². The Bertz CT molecular complexity index is 387. The number of benzene rings is 1. The highest BCUT2D eigenvalue weighted by atomic mass is 32.2. The van der Waals surface area contributed by atoms with Gasteiger partial charge in [-0.1, -0.05) is 0 Å². The normalized spacial score (nSPS) is 24.4. The molecule has 1 aliphatic heterocycles. The fraction of sp³-hybridized carbons (Fsp3) is 0.333. The molecule has 1 unspecified atom stereocenters. The molecule has 1 atom stereocenters. The maximum atomic E-state index is 12.9. The van der Waals surface area contributed by atoms with Gasteiger partial charge in [-0.25, -0.2) is 8.60 Å². The van der Waals surface area contributed by atoms with Crippen molar-refractivity contribution < 1.29 is 12.8 Å². The van der Waals surface area contributed by atoms with Gasteiger partial charge in [-0.3, -0.25) is 4.18 Å². The minimum atomic E-state index is -1.44. The van der Waals surface area contributed by atoms with Crippen molar-refractivity contribution in [3.05, 3.63) is 29.6 Å². The first kappa shape index (κ1) is 8.84. The van der Waals surface area contributed by atoms with Crippen LogP contribution in [0, 0.1) is 5.82 Å². The highest BCUT2D eigenvalue weighted by molar-refractivity contribution is 7.80. The van der Waals surface area contributed by atoms with E-state index in [1.165, 1.54) is 18.2 Å². The Hall–Kier alpha value is -0.740. The van der Waals surface area contributed by atoms with Gasteiger partial charge in [0, 0.05) is 5.56 Å². The predicted octanol–water partition coefficient (Wildman–Crippen LogP) is 2.11. The quantitative estimate of drug-likeness (QED) is 0.641. The Morgan fingerprint density at radius 3 is 2.85 bits per heavy atom. The molecule has 0 amide bonds. The lowest BCUT2D eigenvalue weighted by atomic mass is 9.99. The molecule has 4 heteroatoms. The lowest BCUT2D eigenvalue weighted by Crippen LogP contribution is -2.15. The van der Waals surface area contributed by atoms with E-state index in [4.69, 9.17) is 4.18 Å². The average Bonchev–Trinajstić information content (AvgIpc) is 2.23. The molecule has 70 valence electrons. The standard InChI is InChI=1S/C9H9FO2S/c1-9(2)7-5-6(10)3-4-8(7)13(11)12-9/h3-5H,1-2H3. The second-order valence-corrected chi connectivity index (χ2v) is 4.54. The molecular formula is C9H9FO2S. The zero-order valence-corrected chi connectivity index (χ0v) is 8.15. The van der Waals surface area contributed by atoms with Crippen LogP contribution in [0.1, 0.15) is 19.4 Å². The minimum absolute atomic E-state index is 0.325. The van der Waals surface area contributed by atoms with Crippen LogP contribution in [0.25, 0.3) is 0 Å². The largest absolute Gasteiger partial charge is 0.276 e. The van der Waals surface area contributed by atoms with Crippen molar-refractivity contribution in [2.24, 2.45) is 0 Å². The molecule has 0 radical (unpaired) electrons. The predicted molar refractivity (Wildman–Crippen MR) is 46.9 cm³/mol. The van der Waals surface area contributed by atoms with E-state index >= 15 is 0 Å². The SMILES string of the molecule is CC1(C)OS(=O)c2ccc(F)cc21. The summed E-state index contributed by atoms with van der Waals surface area (Å²) in [5, 5.41) is 0. The van der Waals surface area contributed by atoms with Gasteiger partial charge in [-0.2, -0.15) is 0 Å². The van der Waals surface area contributed by atoms with Crippen LogP contribution in [0.4, 0.5) is 4.39 Å². The molecule has 0 fully saturated rings. The van der Waals surface area contributed by atoms with E-state index in [0.717, 1.165) is 0 Å². The maximum absolute atomic E-state index is 12.9.